The van der Waals surface area contributed by atoms with Crippen molar-refractivity contribution in [3.8, 4) is 22.3 Å². The van der Waals surface area contributed by atoms with Crippen molar-refractivity contribution in [2.75, 3.05) is 4.90 Å². The number of fused-ring (bicyclic) bond motifs is 5. The Morgan fingerprint density at radius 1 is 0.304 bits per heavy atom. The minimum absolute atomic E-state index is 1.13. The van der Waals surface area contributed by atoms with Gasteiger partial charge in [0.1, 0.15) is 0 Å². The lowest BCUT2D eigenvalue weighted by Gasteiger charge is -2.26. The fourth-order valence-corrected chi connectivity index (χ4v) is 7.81. The zero-order valence-electron chi connectivity index (χ0n) is 25.1. The van der Waals surface area contributed by atoms with Gasteiger partial charge in [-0.15, -0.1) is 11.3 Å². The summed E-state index contributed by atoms with van der Waals surface area (Å²) in [6.45, 7) is 0. The van der Waals surface area contributed by atoms with Crippen LogP contribution in [0, 0.1) is 0 Å². The Bertz CT molecular complexity index is 2510. The van der Waals surface area contributed by atoms with Gasteiger partial charge in [-0.1, -0.05) is 121 Å². The summed E-state index contributed by atoms with van der Waals surface area (Å²) in [6, 6.07) is 64.0. The number of benzene rings is 8. The summed E-state index contributed by atoms with van der Waals surface area (Å²) in [4.78, 5) is 2.37. The first-order valence-corrected chi connectivity index (χ1v) is 16.5. The van der Waals surface area contributed by atoms with Crippen LogP contribution in [0.5, 0.6) is 0 Å². The summed E-state index contributed by atoms with van der Waals surface area (Å²) < 4.78 is 2.62. The molecule has 0 fully saturated rings. The van der Waals surface area contributed by atoms with E-state index in [1.54, 1.807) is 0 Å². The quantitative estimate of drug-likeness (QED) is 0.189. The second-order valence-corrected chi connectivity index (χ2v) is 12.9. The van der Waals surface area contributed by atoms with E-state index in [1.165, 1.54) is 64.0 Å². The first kappa shape index (κ1) is 26.7. The summed E-state index contributed by atoms with van der Waals surface area (Å²) in [5.74, 6) is 0. The predicted molar refractivity (Wildman–Crippen MR) is 200 cm³/mol. The largest absolute Gasteiger partial charge is 0.310 e. The fraction of sp³-hybridized carbons (Fsp3) is 0. The Balaban J connectivity index is 1.15. The Morgan fingerprint density at radius 3 is 1.50 bits per heavy atom. The molecule has 1 aromatic heterocycles. The van der Waals surface area contributed by atoms with E-state index >= 15 is 0 Å². The van der Waals surface area contributed by atoms with Crippen LogP contribution < -0.4 is 4.90 Å². The van der Waals surface area contributed by atoms with E-state index in [9.17, 15) is 0 Å². The predicted octanol–water partition coefficient (Wildman–Crippen LogP) is 13.2. The van der Waals surface area contributed by atoms with Crippen LogP contribution in [-0.2, 0) is 0 Å². The van der Waals surface area contributed by atoms with Crippen LogP contribution in [0.3, 0.4) is 0 Å². The lowest BCUT2D eigenvalue weighted by atomic mass is 10.0. The van der Waals surface area contributed by atoms with Gasteiger partial charge in [0.05, 0.1) is 0 Å². The molecule has 0 radical (unpaired) electrons. The molecule has 46 heavy (non-hydrogen) atoms. The lowest BCUT2D eigenvalue weighted by molar-refractivity contribution is 1.29. The van der Waals surface area contributed by atoms with Crippen molar-refractivity contribution >= 4 is 70.1 Å². The first-order chi connectivity index (χ1) is 22.8. The highest BCUT2D eigenvalue weighted by atomic mass is 32.1. The minimum Gasteiger partial charge on any atom is -0.310 e. The molecule has 0 unspecified atom stereocenters. The Kier molecular flexibility index (Phi) is 6.40. The van der Waals surface area contributed by atoms with Gasteiger partial charge in [-0.3, -0.25) is 0 Å². The van der Waals surface area contributed by atoms with Gasteiger partial charge in [0.2, 0.25) is 0 Å². The molecule has 0 aliphatic heterocycles. The zero-order valence-corrected chi connectivity index (χ0v) is 25.9. The Hall–Kier alpha value is -5.70. The van der Waals surface area contributed by atoms with Crippen molar-refractivity contribution < 1.29 is 0 Å². The normalized spacial score (nSPS) is 11.5. The Labute approximate surface area is 272 Å². The third-order valence-corrected chi connectivity index (χ3v) is 10.1. The highest BCUT2D eigenvalue weighted by molar-refractivity contribution is 7.25. The second-order valence-electron chi connectivity index (χ2n) is 11.8. The summed E-state index contributed by atoms with van der Waals surface area (Å²) in [7, 11) is 0. The molecular formula is C44H29NS. The van der Waals surface area contributed by atoms with Crippen molar-refractivity contribution in [3.05, 3.63) is 176 Å². The minimum atomic E-state index is 1.13. The molecule has 9 aromatic rings. The van der Waals surface area contributed by atoms with Crippen LogP contribution in [0.1, 0.15) is 0 Å². The van der Waals surface area contributed by atoms with Gasteiger partial charge >= 0.3 is 0 Å². The van der Waals surface area contributed by atoms with Crippen molar-refractivity contribution in [3.63, 3.8) is 0 Å². The molecule has 0 bridgehead atoms. The van der Waals surface area contributed by atoms with Crippen LogP contribution >= 0.6 is 11.3 Å². The highest BCUT2D eigenvalue weighted by Gasteiger charge is 2.16. The van der Waals surface area contributed by atoms with Gasteiger partial charge in [-0.05, 0) is 98.4 Å². The number of hydrogen-bond acceptors (Lipinski definition) is 2. The standard InChI is InChI=1S/C44H29NS/c1-2-8-30(9-3-1)32-16-20-38(21-17-32)45(39-22-18-33(19-23-39)37-15-14-31-10-4-5-11-34(31)26-37)40-24-25-41-42-27-35-12-6-7-13-36(35)28-43(42)46-44(41)29-40/h1-29H. The van der Waals surface area contributed by atoms with Gasteiger partial charge < -0.3 is 4.90 Å². The third-order valence-electron chi connectivity index (χ3n) is 9.02. The smallest absolute Gasteiger partial charge is 0.0476 e. The van der Waals surface area contributed by atoms with Crippen molar-refractivity contribution in [1.82, 2.24) is 0 Å². The van der Waals surface area contributed by atoms with Gasteiger partial charge in [0.15, 0.2) is 0 Å². The van der Waals surface area contributed by atoms with Crippen LogP contribution in [0.4, 0.5) is 17.1 Å². The molecule has 0 spiro atoms. The highest BCUT2D eigenvalue weighted by Crippen LogP contribution is 2.42. The third kappa shape index (κ3) is 4.72. The molecule has 0 saturated carbocycles. The maximum Gasteiger partial charge on any atom is 0.0476 e. The van der Waals surface area contributed by atoms with Crippen molar-refractivity contribution in [2.45, 2.75) is 0 Å². The van der Waals surface area contributed by atoms with E-state index in [1.807, 2.05) is 11.3 Å². The van der Waals surface area contributed by atoms with Crippen molar-refractivity contribution in [2.24, 2.45) is 0 Å². The van der Waals surface area contributed by atoms with Crippen LogP contribution in [0.25, 0.3) is 64.0 Å². The second kappa shape index (κ2) is 11.0. The van der Waals surface area contributed by atoms with Gasteiger partial charge in [0.25, 0.3) is 0 Å². The van der Waals surface area contributed by atoms with Crippen LogP contribution in [0.15, 0.2) is 176 Å². The van der Waals surface area contributed by atoms with Crippen molar-refractivity contribution in [1.29, 1.82) is 0 Å². The molecule has 0 amide bonds. The molecular weight excluding hydrogens is 575 g/mol. The molecule has 9 rings (SSSR count). The average molecular weight is 604 g/mol. The number of hydrogen-bond donors (Lipinski definition) is 0. The summed E-state index contributed by atoms with van der Waals surface area (Å²) in [5, 5.41) is 7.72. The SMILES string of the molecule is c1ccc(-c2ccc(N(c3ccc(-c4ccc5ccccc5c4)cc3)c3ccc4c(c3)sc3cc5ccccc5cc34)cc2)cc1. The molecule has 0 aliphatic carbocycles. The maximum atomic E-state index is 2.37. The summed E-state index contributed by atoms with van der Waals surface area (Å²) in [6.07, 6.45) is 0. The summed E-state index contributed by atoms with van der Waals surface area (Å²) in [5.41, 5.74) is 8.27. The molecule has 0 aliphatic rings. The number of thiophene rings is 1. The van der Waals surface area contributed by atoms with E-state index in [0.717, 1.165) is 17.1 Å². The monoisotopic (exact) mass is 603 g/mol. The van der Waals surface area contributed by atoms with E-state index in [0.29, 0.717) is 0 Å². The zero-order chi connectivity index (χ0) is 30.5. The lowest BCUT2D eigenvalue weighted by Crippen LogP contribution is -2.09. The first-order valence-electron chi connectivity index (χ1n) is 15.7. The topological polar surface area (TPSA) is 3.24 Å². The molecule has 0 atom stereocenters. The fourth-order valence-electron chi connectivity index (χ4n) is 6.64. The van der Waals surface area contributed by atoms with Gasteiger partial charge in [0, 0.05) is 37.2 Å². The maximum absolute atomic E-state index is 2.37. The molecule has 8 aromatic carbocycles. The number of nitrogens with zero attached hydrogens (tertiary/aromatic N) is 1. The molecule has 0 N–H and O–H groups in total. The van der Waals surface area contributed by atoms with E-state index in [4.69, 9.17) is 0 Å². The number of rotatable bonds is 5. The van der Waals surface area contributed by atoms with Gasteiger partial charge in [-0.25, -0.2) is 0 Å². The summed E-state index contributed by atoms with van der Waals surface area (Å²) >= 11 is 1.87. The molecule has 1 heterocycles. The molecule has 2 heteroatoms. The number of anilines is 3. The average Bonchev–Trinajstić information content (AvgIpc) is 3.48. The van der Waals surface area contributed by atoms with Gasteiger partial charge in [-0.2, -0.15) is 0 Å². The molecule has 1 nitrogen and oxygen atoms in total. The van der Waals surface area contributed by atoms with Crippen LogP contribution in [0.2, 0.25) is 0 Å². The van der Waals surface area contributed by atoms with E-state index in [2.05, 4.69) is 181 Å². The Morgan fingerprint density at radius 2 is 0.804 bits per heavy atom. The van der Waals surface area contributed by atoms with E-state index in [-0.39, 0.29) is 0 Å². The molecule has 0 saturated heterocycles. The van der Waals surface area contributed by atoms with Crippen LogP contribution in [-0.4, -0.2) is 0 Å². The molecule has 216 valence electrons. The van der Waals surface area contributed by atoms with E-state index < -0.39 is 0 Å².